The molecule has 1 aromatic carbocycles. The molecule has 2 atom stereocenters. The highest BCUT2D eigenvalue weighted by molar-refractivity contribution is 7.92. The number of aromatic nitrogens is 1. The highest BCUT2D eigenvalue weighted by Gasteiger charge is 2.32. The fraction of sp³-hybridized carbons (Fsp3) is 0.400. The van der Waals surface area contributed by atoms with Crippen molar-refractivity contribution in [1.82, 2.24) is 9.29 Å². The zero-order valence-electron chi connectivity index (χ0n) is 18.0. The van der Waals surface area contributed by atoms with Gasteiger partial charge in [0.2, 0.25) is 26.0 Å². The summed E-state index contributed by atoms with van der Waals surface area (Å²) in [6.07, 6.45) is 2.01. The molecule has 1 fully saturated rings. The Morgan fingerprint density at radius 1 is 1.09 bits per heavy atom. The number of nitrogens with one attached hydrogen (secondary N) is 1. The molecule has 12 heteroatoms. The van der Waals surface area contributed by atoms with Crippen LogP contribution in [0.2, 0.25) is 0 Å². The highest BCUT2D eigenvalue weighted by Crippen LogP contribution is 2.22. The van der Waals surface area contributed by atoms with Crippen molar-refractivity contribution < 1.29 is 26.4 Å². The third-order valence-electron chi connectivity index (χ3n) is 4.75. The third-order valence-corrected chi connectivity index (χ3v) is 7.72. The van der Waals surface area contributed by atoms with E-state index >= 15 is 0 Å². The van der Waals surface area contributed by atoms with Gasteiger partial charge in [-0.3, -0.25) is 4.79 Å². The second-order valence-corrected chi connectivity index (χ2v) is 11.5. The Morgan fingerprint density at radius 3 is 2.25 bits per heavy atom. The van der Waals surface area contributed by atoms with Crippen LogP contribution < -0.4 is 9.62 Å². The van der Waals surface area contributed by atoms with E-state index in [9.17, 15) is 21.6 Å². The minimum absolute atomic E-state index is 0.100. The van der Waals surface area contributed by atoms with Crippen LogP contribution in [-0.4, -0.2) is 70.1 Å². The van der Waals surface area contributed by atoms with E-state index in [4.69, 9.17) is 4.74 Å². The second-order valence-electron chi connectivity index (χ2n) is 7.61. The van der Waals surface area contributed by atoms with Gasteiger partial charge >= 0.3 is 0 Å². The monoisotopic (exact) mass is 482 g/mol. The molecular weight excluding hydrogens is 456 g/mol. The smallest absolute Gasteiger partial charge is 0.245 e. The lowest BCUT2D eigenvalue weighted by molar-refractivity contribution is -0.114. The molecule has 1 aliphatic rings. The topological polar surface area (TPSA) is 126 Å². The lowest BCUT2D eigenvalue weighted by Crippen LogP contribution is -2.48. The molecule has 0 bridgehead atoms. The number of ether oxygens (including phenoxy) is 1. The van der Waals surface area contributed by atoms with Gasteiger partial charge in [-0.25, -0.2) is 26.1 Å². The van der Waals surface area contributed by atoms with Crippen LogP contribution in [0.15, 0.2) is 53.6 Å². The van der Waals surface area contributed by atoms with Crippen molar-refractivity contribution in [2.45, 2.75) is 31.0 Å². The number of sulfonamides is 2. The Bertz CT molecular complexity index is 1140. The van der Waals surface area contributed by atoms with E-state index in [0.29, 0.717) is 5.69 Å². The van der Waals surface area contributed by atoms with Gasteiger partial charge in [0, 0.05) is 25.0 Å². The first kappa shape index (κ1) is 24.1. The number of carbonyl (C=O) groups is 1. The Morgan fingerprint density at radius 2 is 1.72 bits per heavy atom. The molecule has 1 amide bonds. The molecular formula is C20H26N4O6S2. The standard InChI is InChI=1S/C20H26N4O6S2/c1-15-12-23(13-16(2)30-15)32(28,29)18-9-7-17(8-10-18)22-20(25)14-24(31(3,26)27)19-6-4-5-11-21-19/h4-11,15-16H,12-14H2,1-3H3,(H,22,25). The zero-order chi connectivity index (χ0) is 23.5. The van der Waals surface area contributed by atoms with Crippen molar-refractivity contribution in [3.05, 3.63) is 48.7 Å². The first-order valence-electron chi connectivity index (χ1n) is 9.91. The van der Waals surface area contributed by atoms with Gasteiger partial charge in [0.05, 0.1) is 23.4 Å². The highest BCUT2D eigenvalue weighted by atomic mass is 32.2. The van der Waals surface area contributed by atoms with Crippen molar-refractivity contribution in [3.63, 3.8) is 0 Å². The van der Waals surface area contributed by atoms with Gasteiger partial charge in [0.25, 0.3) is 0 Å². The summed E-state index contributed by atoms with van der Waals surface area (Å²) in [4.78, 5) is 16.5. The van der Waals surface area contributed by atoms with Crippen molar-refractivity contribution in [2.75, 3.05) is 35.5 Å². The van der Waals surface area contributed by atoms with E-state index in [1.807, 2.05) is 13.8 Å². The first-order chi connectivity index (χ1) is 15.0. The molecule has 1 N–H and O–H groups in total. The van der Waals surface area contributed by atoms with E-state index in [1.165, 1.54) is 40.8 Å². The molecule has 3 rings (SSSR count). The molecule has 1 aliphatic heterocycles. The molecule has 2 unspecified atom stereocenters. The van der Waals surface area contributed by atoms with Crippen molar-refractivity contribution >= 4 is 37.5 Å². The number of hydrogen-bond donors (Lipinski definition) is 1. The number of amides is 1. The van der Waals surface area contributed by atoms with Crippen molar-refractivity contribution in [1.29, 1.82) is 0 Å². The number of nitrogens with zero attached hydrogens (tertiary/aromatic N) is 3. The van der Waals surface area contributed by atoms with Gasteiger partial charge in [-0.2, -0.15) is 4.31 Å². The molecule has 0 aliphatic carbocycles. The van der Waals surface area contributed by atoms with Crippen LogP contribution in [0.4, 0.5) is 11.5 Å². The summed E-state index contributed by atoms with van der Waals surface area (Å²) in [5.41, 5.74) is 0.340. The van der Waals surface area contributed by atoms with E-state index < -0.39 is 32.5 Å². The molecule has 10 nitrogen and oxygen atoms in total. The Kier molecular flexibility index (Phi) is 7.18. The van der Waals surface area contributed by atoms with E-state index in [0.717, 1.165) is 10.6 Å². The van der Waals surface area contributed by atoms with Crippen LogP contribution >= 0.6 is 0 Å². The van der Waals surface area contributed by atoms with Gasteiger partial charge in [-0.05, 0) is 50.2 Å². The predicted molar refractivity (Wildman–Crippen MR) is 120 cm³/mol. The molecule has 2 aromatic rings. The number of anilines is 2. The predicted octanol–water partition coefficient (Wildman–Crippen LogP) is 1.28. The molecule has 174 valence electrons. The Balaban J connectivity index is 1.70. The number of hydrogen-bond acceptors (Lipinski definition) is 7. The van der Waals surface area contributed by atoms with Gasteiger partial charge < -0.3 is 10.1 Å². The fourth-order valence-corrected chi connectivity index (χ4v) is 5.78. The molecule has 0 saturated carbocycles. The van der Waals surface area contributed by atoms with Gasteiger partial charge in [-0.1, -0.05) is 6.07 Å². The van der Waals surface area contributed by atoms with Crippen LogP contribution in [0.25, 0.3) is 0 Å². The number of pyridine rings is 1. The molecule has 1 saturated heterocycles. The Labute approximate surface area is 188 Å². The summed E-state index contributed by atoms with van der Waals surface area (Å²) in [7, 11) is -7.44. The van der Waals surface area contributed by atoms with E-state index in [2.05, 4.69) is 10.3 Å². The molecule has 1 aromatic heterocycles. The van der Waals surface area contributed by atoms with Crippen LogP contribution in [0.1, 0.15) is 13.8 Å². The first-order valence-corrected chi connectivity index (χ1v) is 13.2. The minimum atomic E-state index is -3.74. The quantitative estimate of drug-likeness (QED) is 0.630. The van der Waals surface area contributed by atoms with Gasteiger partial charge in [0.15, 0.2) is 0 Å². The fourth-order valence-electron chi connectivity index (χ4n) is 3.39. The average Bonchev–Trinajstić information content (AvgIpc) is 2.71. The maximum absolute atomic E-state index is 12.9. The molecule has 0 spiro atoms. The van der Waals surface area contributed by atoms with Crippen molar-refractivity contribution in [2.24, 2.45) is 0 Å². The molecule has 2 heterocycles. The summed E-state index contributed by atoms with van der Waals surface area (Å²) in [6, 6.07) is 10.5. The van der Waals surface area contributed by atoms with Crippen LogP contribution in [0.5, 0.6) is 0 Å². The SMILES string of the molecule is CC1CN(S(=O)(=O)c2ccc(NC(=O)CN(c3ccccn3)S(C)(=O)=O)cc2)CC(C)O1. The number of carbonyl (C=O) groups excluding carboxylic acids is 1. The maximum Gasteiger partial charge on any atom is 0.245 e. The second kappa shape index (κ2) is 9.53. The van der Waals surface area contributed by atoms with E-state index in [1.54, 1.807) is 12.1 Å². The van der Waals surface area contributed by atoms with Crippen LogP contribution in [-0.2, 0) is 29.6 Å². The lowest BCUT2D eigenvalue weighted by atomic mass is 10.3. The van der Waals surface area contributed by atoms with Crippen LogP contribution in [0, 0.1) is 0 Å². The maximum atomic E-state index is 12.9. The summed E-state index contributed by atoms with van der Waals surface area (Å²) >= 11 is 0. The summed E-state index contributed by atoms with van der Waals surface area (Å²) in [5, 5.41) is 2.59. The number of benzene rings is 1. The number of morpholine rings is 1. The summed E-state index contributed by atoms with van der Waals surface area (Å²) in [5.74, 6) is -0.465. The number of rotatable bonds is 7. The Hall–Kier alpha value is -2.54. The summed E-state index contributed by atoms with van der Waals surface area (Å²) < 4.78 is 57.9. The lowest BCUT2D eigenvalue weighted by Gasteiger charge is -2.34. The minimum Gasteiger partial charge on any atom is -0.373 e. The normalized spacial score (nSPS) is 20.0. The molecule has 32 heavy (non-hydrogen) atoms. The van der Waals surface area contributed by atoms with Gasteiger partial charge in [0.1, 0.15) is 12.4 Å². The average molecular weight is 483 g/mol. The largest absolute Gasteiger partial charge is 0.373 e. The third kappa shape index (κ3) is 5.82. The zero-order valence-corrected chi connectivity index (χ0v) is 19.6. The van der Waals surface area contributed by atoms with Gasteiger partial charge in [-0.15, -0.1) is 0 Å². The van der Waals surface area contributed by atoms with Crippen LogP contribution in [0.3, 0.4) is 0 Å². The summed E-state index contributed by atoms with van der Waals surface area (Å²) in [6.45, 7) is 3.70. The van der Waals surface area contributed by atoms with E-state index in [-0.39, 0.29) is 36.0 Å². The van der Waals surface area contributed by atoms with Crippen molar-refractivity contribution in [3.8, 4) is 0 Å². The molecule has 0 radical (unpaired) electrons.